The highest BCUT2D eigenvalue weighted by Gasteiger charge is 2.25. The first kappa shape index (κ1) is 20.2. The number of fused-ring (bicyclic) bond motifs is 1. The Hall–Kier alpha value is -2.54. The number of benzene rings is 2. The Morgan fingerprint density at radius 2 is 1.79 bits per heavy atom. The van der Waals surface area contributed by atoms with Gasteiger partial charge in [0.1, 0.15) is 6.04 Å². The maximum Gasteiger partial charge on any atom is 0.242 e. The third-order valence-corrected chi connectivity index (χ3v) is 5.27. The lowest BCUT2D eigenvalue weighted by atomic mass is 10.1. The van der Waals surface area contributed by atoms with Crippen molar-refractivity contribution in [3.63, 3.8) is 0 Å². The number of halogens is 1. The van der Waals surface area contributed by atoms with E-state index in [2.05, 4.69) is 21.2 Å². The van der Waals surface area contributed by atoms with E-state index < -0.39 is 6.04 Å². The highest BCUT2D eigenvalue weighted by Crippen LogP contribution is 2.32. The van der Waals surface area contributed by atoms with Gasteiger partial charge in [-0.1, -0.05) is 34.1 Å². The first-order chi connectivity index (χ1) is 13.5. The second kappa shape index (κ2) is 9.10. The van der Waals surface area contributed by atoms with Gasteiger partial charge >= 0.3 is 0 Å². The van der Waals surface area contributed by atoms with Crippen molar-refractivity contribution in [3.8, 4) is 11.5 Å². The van der Waals surface area contributed by atoms with Crippen LogP contribution in [0.2, 0.25) is 0 Å². The van der Waals surface area contributed by atoms with E-state index >= 15 is 0 Å². The van der Waals surface area contributed by atoms with E-state index in [-0.39, 0.29) is 18.6 Å². The summed E-state index contributed by atoms with van der Waals surface area (Å²) in [5.74, 6) is 1.17. The van der Waals surface area contributed by atoms with E-state index in [9.17, 15) is 9.59 Å². The summed E-state index contributed by atoms with van der Waals surface area (Å²) in [7, 11) is 1.58. The van der Waals surface area contributed by atoms with Crippen molar-refractivity contribution >= 4 is 27.7 Å². The number of nitrogens with zero attached hydrogens (tertiary/aromatic N) is 1. The molecule has 2 aromatic carbocycles. The predicted molar refractivity (Wildman–Crippen MR) is 109 cm³/mol. The first-order valence-corrected chi connectivity index (χ1v) is 9.91. The number of likely N-dealkylation sites (N-methyl/N-ethyl adjacent to an activating group) is 1. The number of amides is 2. The molecular weight excluding hydrogens is 424 g/mol. The molecular formula is C21H23BrN2O4. The van der Waals surface area contributed by atoms with Gasteiger partial charge in [-0.25, -0.2) is 0 Å². The molecule has 1 aliphatic rings. The van der Waals surface area contributed by atoms with Crippen LogP contribution in [-0.2, 0) is 22.6 Å². The van der Waals surface area contributed by atoms with Crippen molar-refractivity contribution in [2.24, 2.45) is 0 Å². The number of nitrogens with one attached hydrogen (secondary N) is 1. The molecule has 28 heavy (non-hydrogen) atoms. The SMILES string of the molecule is CNC(=O)C(C)N(Cc1ccc(Br)cc1)C(=O)CCc1ccc2c(c1)OCO2. The van der Waals surface area contributed by atoms with Gasteiger partial charge in [0.15, 0.2) is 11.5 Å². The lowest BCUT2D eigenvalue weighted by molar-refractivity contribution is -0.140. The number of carbonyl (C=O) groups is 2. The molecule has 1 aliphatic heterocycles. The summed E-state index contributed by atoms with van der Waals surface area (Å²) in [6, 6.07) is 12.9. The minimum Gasteiger partial charge on any atom is -0.454 e. The standard InChI is InChI=1S/C21H23BrN2O4/c1-14(21(26)23-2)24(12-16-3-7-17(22)8-4-16)20(25)10-6-15-5-9-18-19(11-15)28-13-27-18/h3-5,7-9,11,14H,6,10,12-13H2,1-2H3,(H,23,26). The molecule has 0 aromatic heterocycles. The first-order valence-electron chi connectivity index (χ1n) is 9.12. The van der Waals surface area contributed by atoms with E-state index in [0.717, 1.165) is 21.3 Å². The third-order valence-electron chi connectivity index (χ3n) is 4.74. The zero-order chi connectivity index (χ0) is 20.1. The van der Waals surface area contributed by atoms with Crippen LogP contribution in [-0.4, -0.2) is 36.6 Å². The molecule has 6 nitrogen and oxygen atoms in total. The Kier molecular flexibility index (Phi) is 6.57. The summed E-state index contributed by atoms with van der Waals surface area (Å²) in [6.07, 6.45) is 0.865. The van der Waals surface area contributed by atoms with Crippen LogP contribution in [0.4, 0.5) is 0 Å². The molecule has 2 amide bonds. The molecule has 1 unspecified atom stereocenters. The molecule has 0 bridgehead atoms. The maximum atomic E-state index is 13.0. The molecule has 1 N–H and O–H groups in total. The fourth-order valence-electron chi connectivity index (χ4n) is 3.07. The third kappa shape index (κ3) is 4.84. The van der Waals surface area contributed by atoms with Crippen molar-refractivity contribution in [1.29, 1.82) is 0 Å². The lowest BCUT2D eigenvalue weighted by Gasteiger charge is -2.28. The van der Waals surface area contributed by atoms with Crippen LogP contribution in [0.5, 0.6) is 11.5 Å². The van der Waals surface area contributed by atoms with E-state index in [4.69, 9.17) is 9.47 Å². The summed E-state index contributed by atoms with van der Waals surface area (Å²) in [5.41, 5.74) is 1.96. The van der Waals surface area contributed by atoms with Crippen LogP contribution in [0.1, 0.15) is 24.5 Å². The molecule has 0 radical (unpaired) electrons. The van der Waals surface area contributed by atoms with Crippen LogP contribution in [0, 0.1) is 0 Å². The van der Waals surface area contributed by atoms with Crippen LogP contribution < -0.4 is 14.8 Å². The number of hydrogen-bond donors (Lipinski definition) is 1. The fraction of sp³-hybridized carbons (Fsp3) is 0.333. The monoisotopic (exact) mass is 446 g/mol. The minimum atomic E-state index is -0.557. The summed E-state index contributed by atoms with van der Waals surface area (Å²) in [4.78, 5) is 26.7. The zero-order valence-corrected chi connectivity index (χ0v) is 17.5. The van der Waals surface area contributed by atoms with Crippen molar-refractivity contribution in [2.75, 3.05) is 13.8 Å². The van der Waals surface area contributed by atoms with Gasteiger partial charge in [0.2, 0.25) is 18.6 Å². The molecule has 3 rings (SSSR count). The molecule has 0 fully saturated rings. The van der Waals surface area contributed by atoms with E-state index in [1.165, 1.54) is 0 Å². The van der Waals surface area contributed by atoms with Gasteiger partial charge in [-0.3, -0.25) is 9.59 Å². The van der Waals surface area contributed by atoms with Crippen LogP contribution in [0.15, 0.2) is 46.9 Å². The molecule has 1 atom stereocenters. The number of ether oxygens (including phenoxy) is 2. The summed E-state index contributed by atoms with van der Waals surface area (Å²) in [5, 5.41) is 2.63. The molecule has 1 heterocycles. The van der Waals surface area contributed by atoms with Crippen LogP contribution in [0.3, 0.4) is 0 Å². The summed E-state index contributed by atoms with van der Waals surface area (Å²) >= 11 is 3.41. The average Bonchev–Trinajstić information content (AvgIpc) is 3.18. The van der Waals surface area contributed by atoms with Crippen molar-refractivity contribution in [2.45, 2.75) is 32.4 Å². The summed E-state index contributed by atoms with van der Waals surface area (Å²) in [6.45, 7) is 2.35. The number of aryl methyl sites for hydroxylation is 1. The predicted octanol–water partition coefficient (Wildman–Crippen LogP) is 3.27. The average molecular weight is 447 g/mol. The Balaban J connectivity index is 1.70. The molecule has 0 saturated carbocycles. The molecule has 148 valence electrons. The number of hydrogen-bond acceptors (Lipinski definition) is 4. The Morgan fingerprint density at radius 1 is 1.11 bits per heavy atom. The topological polar surface area (TPSA) is 67.9 Å². The molecule has 0 aliphatic carbocycles. The molecule has 0 saturated heterocycles. The smallest absolute Gasteiger partial charge is 0.242 e. The molecule has 2 aromatic rings. The van der Waals surface area contributed by atoms with Gasteiger partial charge in [0, 0.05) is 24.5 Å². The number of carbonyl (C=O) groups excluding carboxylic acids is 2. The van der Waals surface area contributed by atoms with E-state index in [1.807, 2.05) is 42.5 Å². The largest absolute Gasteiger partial charge is 0.454 e. The Labute approximate surface area is 172 Å². The second-order valence-corrected chi connectivity index (χ2v) is 7.54. The van der Waals surface area contributed by atoms with Gasteiger partial charge in [-0.15, -0.1) is 0 Å². The van der Waals surface area contributed by atoms with Gasteiger partial charge in [-0.05, 0) is 48.7 Å². The second-order valence-electron chi connectivity index (χ2n) is 6.63. The summed E-state index contributed by atoms with van der Waals surface area (Å²) < 4.78 is 11.7. The Morgan fingerprint density at radius 3 is 2.50 bits per heavy atom. The molecule has 7 heteroatoms. The highest BCUT2D eigenvalue weighted by molar-refractivity contribution is 9.10. The van der Waals surface area contributed by atoms with Crippen molar-refractivity contribution < 1.29 is 19.1 Å². The van der Waals surface area contributed by atoms with Gasteiger partial charge in [-0.2, -0.15) is 0 Å². The van der Waals surface area contributed by atoms with Gasteiger partial charge < -0.3 is 19.7 Å². The quantitative estimate of drug-likeness (QED) is 0.708. The minimum absolute atomic E-state index is 0.0725. The van der Waals surface area contributed by atoms with Crippen molar-refractivity contribution in [3.05, 3.63) is 58.1 Å². The highest BCUT2D eigenvalue weighted by atomic mass is 79.9. The van der Waals surface area contributed by atoms with Gasteiger partial charge in [0.05, 0.1) is 0 Å². The van der Waals surface area contributed by atoms with Gasteiger partial charge in [0.25, 0.3) is 0 Å². The van der Waals surface area contributed by atoms with Crippen molar-refractivity contribution in [1.82, 2.24) is 10.2 Å². The number of rotatable bonds is 7. The van der Waals surface area contributed by atoms with E-state index in [0.29, 0.717) is 25.1 Å². The van der Waals surface area contributed by atoms with Crippen LogP contribution >= 0.6 is 15.9 Å². The zero-order valence-electron chi connectivity index (χ0n) is 15.9. The maximum absolute atomic E-state index is 13.0. The molecule has 0 spiro atoms. The fourth-order valence-corrected chi connectivity index (χ4v) is 3.33. The lowest BCUT2D eigenvalue weighted by Crippen LogP contribution is -2.46. The Bertz CT molecular complexity index is 854. The van der Waals surface area contributed by atoms with E-state index in [1.54, 1.807) is 18.9 Å². The van der Waals surface area contributed by atoms with Crippen LogP contribution in [0.25, 0.3) is 0 Å². The normalized spacial score (nSPS) is 13.1.